The van der Waals surface area contributed by atoms with Crippen LogP contribution in [0.1, 0.15) is 23.9 Å². The molecule has 0 aliphatic carbocycles. The van der Waals surface area contributed by atoms with Crippen LogP contribution in [-0.2, 0) is 6.54 Å². The highest BCUT2D eigenvalue weighted by atomic mass is 127. The number of para-hydroxylation sites is 2. The van der Waals surface area contributed by atoms with Crippen molar-refractivity contribution < 1.29 is 9.47 Å². The van der Waals surface area contributed by atoms with Crippen molar-refractivity contribution in [1.29, 1.82) is 0 Å². The normalized spacial score (nSPS) is 15.1. The maximum Gasteiger partial charge on any atom is 0.191 e. The third kappa shape index (κ3) is 5.90. The molecule has 0 bridgehead atoms. The molecule has 0 fully saturated rings. The fraction of sp³-hybridized carbons (Fsp3) is 0.348. The van der Waals surface area contributed by atoms with Crippen molar-refractivity contribution in [3.05, 3.63) is 65.6 Å². The van der Waals surface area contributed by atoms with Crippen LogP contribution in [0.3, 0.4) is 0 Å². The van der Waals surface area contributed by atoms with E-state index in [9.17, 15) is 0 Å². The molecule has 1 atom stereocenters. The van der Waals surface area contributed by atoms with Crippen LogP contribution in [0.25, 0.3) is 5.82 Å². The van der Waals surface area contributed by atoms with Crippen molar-refractivity contribution in [2.45, 2.75) is 33.4 Å². The van der Waals surface area contributed by atoms with Crippen LogP contribution in [0, 0.1) is 13.8 Å². The summed E-state index contributed by atoms with van der Waals surface area (Å²) < 4.78 is 13.6. The topological polar surface area (TPSA) is 85.6 Å². The molecule has 4 rings (SSSR count). The van der Waals surface area contributed by atoms with E-state index in [2.05, 4.69) is 25.7 Å². The summed E-state index contributed by atoms with van der Waals surface area (Å²) in [6, 6.07) is 13.7. The Morgan fingerprint density at radius 2 is 1.97 bits per heavy atom. The number of aryl methyl sites for hydroxylation is 2. The average molecular weight is 548 g/mol. The monoisotopic (exact) mass is 548 g/mol. The average Bonchev–Trinajstić information content (AvgIpc) is 3.13. The van der Waals surface area contributed by atoms with Gasteiger partial charge in [-0.2, -0.15) is 5.10 Å². The van der Waals surface area contributed by atoms with Crippen LogP contribution in [0.15, 0.2) is 53.7 Å². The van der Waals surface area contributed by atoms with E-state index >= 15 is 0 Å². The number of guanidine groups is 1. The van der Waals surface area contributed by atoms with Gasteiger partial charge in [0.2, 0.25) is 0 Å². The lowest BCUT2D eigenvalue weighted by atomic mass is 10.2. The molecule has 1 aliphatic heterocycles. The molecule has 0 spiro atoms. The second-order valence-electron chi connectivity index (χ2n) is 7.44. The summed E-state index contributed by atoms with van der Waals surface area (Å²) in [7, 11) is 0. The minimum Gasteiger partial charge on any atom is -0.486 e. The van der Waals surface area contributed by atoms with E-state index < -0.39 is 0 Å². The molecule has 0 amide bonds. The third-order valence-corrected chi connectivity index (χ3v) is 4.86. The first-order valence-electron chi connectivity index (χ1n) is 10.5. The lowest BCUT2D eigenvalue weighted by Crippen LogP contribution is -2.45. The van der Waals surface area contributed by atoms with E-state index in [1.165, 1.54) is 0 Å². The molecule has 2 N–H and O–H groups in total. The molecule has 0 saturated heterocycles. The zero-order valence-electron chi connectivity index (χ0n) is 18.5. The number of hydrogen-bond acceptors (Lipinski definition) is 5. The number of nitrogens with one attached hydrogen (secondary N) is 2. The fourth-order valence-corrected chi connectivity index (χ4v) is 3.38. The Hall–Kier alpha value is -2.82. The Morgan fingerprint density at radius 3 is 2.66 bits per heavy atom. The molecule has 9 heteroatoms. The summed E-state index contributed by atoms with van der Waals surface area (Å²) in [5, 5.41) is 11.1. The van der Waals surface area contributed by atoms with Gasteiger partial charge >= 0.3 is 0 Å². The van der Waals surface area contributed by atoms with Gasteiger partial charge in [-0.15, -0.1) is 24.0 Å². The van der Waals surface area contributed by atoms with E-state index in [-0.39, 0.29) is 30.1 Å². The zero-order valence-corrected chi connectivity index (χ0v) is 20.9. The Balaban J connectivity index is 0.00000289. The molecule has 32 heavy (non-hydrogen) atoms. The summed E-state index contributed by atoms with van der Waals surface area (Å²) in [4.78, 5) is 9.21. The summed E-state index contributed by atoms with van der Waals surface area (Å²) in [6.45, 7) is 8.42. The highest BCUT2D eigenvalue weighted by molar-refractivity contribution is 14.0. The van der Waals surface area contributed by atoms with Gasteiger partial charge in [-0.25, -0.2) is 14.7 Å². The summed E-state index contributed by atoms with van der Waals surface area (Å²) in [6.07, 6.45) is 1.76. The van der Waals surface area contributed by atoms with Crippen molar-refractivity contribution in [3.8, 4) is 17.3 Å². The van der Waals surface area contributed by atoms with Gasteiger partial charge < -0.3 is 20.1 Å². The minimum absolute atomic E-state index is 0. The summed E-state index contributed by atoms with van der Waals surface area (Å²) in [5.41, 5.74) is 3.06. The first-order chi connectivity index (χ1) is 15.1. The molecule has 1 aliphatic rings. The number of fused-ring (bicyclic) bond motifs is 1. The highest BCUT2D eigenvalue weighted by Crippen LogP contribution is 2.30. The quantitative estimate of drug-likeness (QED) is 0.279. The van der Waals surface area contributed by atoms with Crippen LogP contribution >= 0.6 is 24.0 Å². The fourth-order valence-electron chi connectivity index (χ4n) is 3.38. The van der Waals surface area contributed by atoms with Gasteiger partial charge in [0.15, 0.2) is 23.3 Å². The Kier molecular flexibility index (Phi) is 8.32. The molecule has 3 heterocycles. The molecule has 8 nitrogen and oxygen atoms in total. The number of pyridine rings is 1. The third-order valence-electron chi connectivity index (χ3n) is 4.86. The SMILES string of the molecule is CCNC(=NCc1ccc(-n2nc(C)cc2C)nc1)NCC1COc2ccccc2O1.I. The van der Waals surface area contributed by atoms with Crippen LogP contribution in [0.2, 0.25) is 0 Å². The molecule has 1 aromatic carbocycles. The minimum atomic E-state index is -0.0829. The Morgan fingerprint density at radius 1 is 1.16 bits per heavy atom. The second-order valence-corrected chi connectivity index (χ2v) is 7.44. The molecule has 1 unspecified atom stereocenters. The van der Waals surface area contributed by atoms with Gasteiger partial charge in [0.1, 0.15) is 12.7 Å². The van der Waals surface area contributed by atoms with Crippen molar-refractivity contribution in [2.75, 3.05) is 19.7 Å². The van der Waals surface area contributed by atoms with Gasteiger partial charge in [-0.3, -0.25) is 0 Å². The molecular formula is C23H29IN6O2. The standard InChI is InChI=1S/C23H28N6O2.HI/c1-4-24-23(27-14-19-15-30-20-7-5-6-8-21(20)31-19)26-13-18-9-10-22(25-12-18)29-17(3)11-16(2)28-29;/h5-12,19H,4,13-15H2,1-3H3,(H2,24,26,27);1H. The maximum atomic E-state index is 6.00. The smallest absolute Gasteiger partial charge is 0.191 e. The van der Waals surface area contributed by atoms with E-state index in [0.29, 0.717) is 19.7 Å². The lowest BCUT2D eigenvalue weighted by molar-refractivity contribution is 0.0936. The van der Waals surface area contributed by atoms with Crippen LogP contribution in [-0.4, -0.2) is 46.5 Å². The van der Waals surface area contributed by atoms with Crippen molar-refractivity contribution in [1.82, 2.24) is 25.4 Å². The number of rotatable bonds is 6. The number of nitrogens with zero attached hydrogens (tertiary/aromatic N) is 4. The molecule has 0 saturated carbocycles. The first-order valence-corrected chi connectivity index (χ1v) is 10.5. The number of ether oxygens (including phenoxy) is 2. The number of aromatic nitrogens is 3. The zero-order chi connectivity index (χ0) is 21.6. The van der Waals surface area contributed by atoms with Crippen LogP contribution in [0.5, 0.6) is 11.5 Å². The molecule has 3 aromatic rings. The molecule has 170 valence electrons. The van der Waals surface area contributed by atoms with E-state index in [1.807, 2.05) is 74.1 Å². The Bertz CT molecular complexity index is 1050. The number of halogens is 1. The maximum absolute atomic E-state index is 6.00. The molecule has 2 aromatic heterocycles. The Labute approximate surface area is 205 Å². The van der Waals surface area contributed by atoms with E-state index in [1.54, 1.807) is 0 Å². The number of benzene rings is 1. The predicted molar refractivity (Wildman–Crippen MR) is 135 cm³/mol. The molecule has 0 radical (unpaired) electrons. The number of aliphatic imine (C=N–C) groups is 1. The largest absolute Gasteiger partial charge is 0.486 e. The highest BCUT2D eigenvalue weighted by Gasteiger charge is 2.20. The van der Waals surface area contributed by atoms with E-state index in [4.69, 9.17) is 9.47 Å². The van der Waals surface area contributed by atoms with Crippen LogP contribution in [0.4, 0.5) is 0 Å². The van der Waals surface area contributed by atoms with Gasteiger partial charge in [0, 0.05) is 18.4 Å². The summed E-state index contributed by atoms with van der Waals surface area (Å²) >= 11 is 0. The second kappa shape index (κ2) is 11.2. The van der Waals surface area contributed by atoms with Crippen molar-refractivity contribution >= 4 is 29.9 Å². The van der Waals surface area contributed by atoms with Gasteiger partial charge in [0.05, 0.1) is 18.8 Å². The van der Waals surface area contributed by atoms with Gasteiger partial charge in [-0.05, 0) is 50.6 Å². The predicted octanol–water partition coefficient (Wildman–Crippen LogP) is 3.40. The lowest BCUT2D eigenvalue weighted by Gasteiger charge is -2.27. The first kappa shape index (κ1) is 23.8. The number of hydrogen-bond donors (Lipinski definition) is 2. The van der Waals surface area contributed by atoms with E-state index in [0.717, 1.165) is 46.8 Å². The summed E-state index contributed by atoms with van der Waals surface area (Å²) in [5.74, 6) is 3.10. The van der Waals surface area contributed by atoms with Crippen molar-refractivity contribution in [3.63, 3.8) is 0 Å². The van der Waals surface area contributed by atoms with Gasteiger partial charge in [-0.1, -0.05) is 18.2 Å². The molecular weight excluding hydrogens is 519 g/mol. The van der Waals surface area contributed by atoms with Crippen molar-refractivity contribution in [2.24, 2.45) is 4.99 Å². The van der Waals surface area contributed by atoms with Crippen LogP contribution < -0.4 is 20.1 Å². The van der Waals surface area contributed by atoms with Gasteiger partial charge in [0.25, 0.3) is 0 Å².